The van der Waals surface area contributed by atoms with Crippen LogP contribution in [0.25, 0.3) is 0 Å². The number of carbonyl (C=O) groups excluding carboxylic acids is 1. The first-order valence-corrected chi connectivity index (χ1v) is 9.67. The van der Waals surface area contributed by atoms with Gasteiger partial charge >= 0.3 is 5.97 Å². The molecule has 0 saturated carbocycles. The van der Waals surface area contributed by atoms with Crippen LogP contribution in [0.15, 0.2) is 72.0 Å². The molecule has 1 amide bonds. The molecule has 0 radical (unpaired) electrons. The van der Waals surface area contributed by atoms with Crippen LogP contribution in [-0.4, -0.2) is 27.6 Å². The first-order chi connectivity index (χ1) is 13.7. The molecule has 0 bridgehead atoms. The Bertz CT molecular complexity index is 954. The monoisotopic (exact) mass is 390 g/mol. The minimum absolute atomic E-state index is 0.0898. The molecule has 2 aromatic carbocycles. The van der Waals surface area contributed by atoms with Gasteiger partial charge in [-0.1, -0.05) is 69.8 Å². The van der Waals surface area contributed by atoms with Gasteiger partial charge < -0.3 is 5.11 Å². The van der Waals surface area contributed by atoms with Gasteiger partial charge in [0.05, 0.1) is 11.6 Å². The molecular weight excluding hydrogens is 364 g/mol. The molecule has 0 aliphatic carbocycles. The average molecular weight is 390 g/mol. The van der Waals surface area contributed by atoms with Crippen molar-refractivity contribution in [2.24, 2.45) is 10.4 Å². The smallest absolute Gasteiger partial charge is 0.335 e. The Morgan fingerprint density at radius 2 is 1.72 bits per heavy atom. The molecule has 1 unspecified atom stereocenters. The molecule has 5 heteroatoms. The van der Waals surface area contributed by atoms with E-state index in [0.29, 0.717) is 11.5 Å². The second-order valence-electron chi connectivity index (χ2n) is 8.46. The summed E-state index contributed by atoms with van der Waals surface area (Å²) in [5.41, 5.74) is 2.33. The topological polar surface area (TPSA) is 70.0 Å². The molecule has 0 aromatic heterocycles. The van der Waals surface area contributed by atoms with Crippen LogP contribution >= 0.6 is 0 Å². The lowest BCUT2D eigenvalue weighted by atomic mass is 9.86. The van der Waals surface area contributed by atoms with Crippen molar-refractivity contribution < 1.29 is 14.7 Å². The fourth-order valence-electron chi connectivity index (χ4n) is 3.43. The van der Waals surface area contributed by atoms with Gasteiger partial charge in [0.1, 0.15) is 11.5 Å². The molecule has 0 spiro atoms. The normalized spacial score (nSPS) is 15.4. The highest BCUT2D eigenvalue weighted by Crippen LogP contribution is 2.36. The largest absolute Gasteiger partial charge is 0.478 e. The summed E-state index contributed by atoms with van der Waals surface area (Å²) in [6.07, 6.45) is 1.61. The van der Waals surface area contributed by atoms with Crippen LogP contribution in [0.5, 0.6) is 0 Å². The summed E-state index contributed by atoms with van der Waals surface area (Å²) in [4.78, 5) is 30.6. The summed E-state index contributed by atoms with van der Waals surface area (Å²) < 4.78 is 0. The minimum Gasteiger partial charge on any atom is -0.478 e. The molecule has 1 atom stereocenters. The SMILES string of the molecule is C=C1N=C(c2ccccc2)C(=O)N1C(CCC(C)(C)C)c1ccc(C(=O)O)cc1. The maximum absolute atomic E-state index is 13.3. The Labute approximate surface area is 171 Å². The lowest BCUT2D eigenvalue weighted by Crippen LogP contribution is -2.34. The van der Waals surface area contributed by atoms with Crippen molar-refractivity contribution in [1.82, 2.24) is 4.90 Å². The Hall–Kier alpha value is -3.21. The van der Waals surface area contributed by atoms with Gasteiger partial charge in [-0.25, -0.2) is 9.79 Å². The molecular formula is C24H26N2O3. The van der Waals surface area contributed by atoms with E-state index in [9.17, 15) is 14.7 Å². The van der Waals surface area contributed by atoms with Crippen molar-refractivity contribution in [3.05, 3.63) is 83.7 Å². The minimum atomic E-state index is -0.973. The van der Waals surface area contributed by atoms with Gasteiger partial charge in [0.25, 0.3) is 5.91 Å². The number of carboxylic acids is 1. The zero-order chi connectivity index (χ0) is 21.2. The molecule has 1 aliphatic heterocycles. The van der Waals surface area contributed by atoms with E-state index in [2.05, 4.69) is 32.3 Å². The van der Waals surface area contributed by atoms with E-state index in [4.69, 9.17) is 0 Å². The highest BCUT2D eigenvalue weighted by atomic mass is 16.4. The maximum Gasteiger partial charge on any atom is 0.335 e. The van der Waals surface area contributed by atoms with Crippen molar-refractivity contribution in [2.45, 2.75) is 39.7 Å². The summed E-state index contributed by atoms with van der Waals surface area (Å²) in [5.74, 6) is -0.739. The van der Waals surface area contributed by atoms with Gasteiger partial charge in [0.2, 0.25) is 0 Å². The molecule has 1 heterocycles. The van der Waals surface area contributed by atoms with Gasteiger partial charge in [0.15, 0.2) is 0 Å². The van der Waals surface area contributed by atoms with Crippen LogP contribution in [0.2, 0.25) is 0 Å². The molecule has 1 aliphatic rings. The van der Waals surface area contributed by atoms with E-state index in [0.717, 1.165) is 24.0 Å². The van der Waals surface area contributed by atoms with E-state index in [1.54, 1.807) is 29.2 Å². The highest BCUT2D eigenvalue weighted by Gasteiger charge is 2.36. The highest BCUT2D eigenvalue weighted by molar-refractivity contribution is 6.47. The Balaban J connectivity index is 1.94. The number of carbonyl (C=O) groups is 2. The number of hydrogen-bond donors (Lipinski definition) is 1. The number of aromatic carboxylic acids is 1. The second kappa shape index (κ2) is 8.03. The van der Waals surface area contributed by atoms with Crippen molar-refractivity contribution >= 4 is 17.6 Å². The number of nitrogens with zero attached hydrogens (tertiary/aromatic N) is 2. The van der Waals surface area contributed by atoms with E-state index >= 15 is 0 Å². The number of hydrogen-bond acceptors (Lipinski definition) is 3. The van der Waals surface area contributed by atoms with Crippen LogP contribution in [0, 0.1) is 5.41 Å². The van der Waals surface area contributed by atoms with Crippen LogP contribution in [0.3, 0.4) is 0 Å². The molecule has 29 heavy (non-hydrogen) atoms. The first kappa shape index (κ1) is 20.5. The predicted octanol–water partition coefficient (Wildman–Crippen LogP) is 5.05. The molecule has 5 nitrogen and oxygen atoms in total. The van der Waals surface area contributed by atoms with Crippen molar-refractivity contribution in [3.8, 4) is 0 Å². The maximum atomic E-state index is 13.3. The van der Waals surface area contributed by atoms with Gasteiger partial charge in [-0.05, 0) is 36.0 Å². The summed E-state index contributed by atoms with van der Waals surface area (Å²) in [6.45, 7) is 10.5. The zero-order valence-electron chi connectivity index (χ0n) is 17.1. The van der Waals surface area contributed by atoms with E-state index in [1.165, 1.54) is 0 Å². The number of amides is 1. The molecule has 3 rings (SSSR count). The fourth-order valence-corrected chi connectivity index (χ4v) is 3.43. The molecule has 150 valence electrons. The Morgan fingerprint density at radius 3 is 2.28 bits per heavy atom. The average Bonchev–Trinajstić information content (AvgIpc) is 2.97. The lowest BCUT2D eigenvalue weighted by Gasteiger charge is -2.31. The zero-order valence-corrected chi connectivity index (χ0v) is 17.1. The summed E-state index contributed by atoms with van der Waals surface area (Å²) in [7, 11) is 0. The van der Waals surface area contributed by atoms with Crippen LogP contribution in [0.1, 0.15) is 61.1 Å². The van der Waals surface area contributed by atoms with E-state index in [1.807, 2.05) is 30.3 Å². The Kier molecular flexibility index (Phi) is 5.69. The third kappa shape index (κ3) is 4.62. The van der Waals surface area contributed by atoms with Crippen LogP contribution < -0.4 is 0 Å². The van der Waals surface area contributed by atoms with Crippen molar-refractivity contribution in [1.29, 1.82) is 0 Å². The number of benzene rings is 2. The third-order valence-electron chi connectivity index (χ3n) is 5.01. The van der Waals surface area contributed by atoms with Gasteiger partial charge in [-0.3, -0.25) is 9.69 Å². The van der Waals surface area contributed by atoms with E-state index in [-0.39, 0.29) is 22.9 Å². The summed E-state index contributed by atoms with van der Waals surface area (Å²) in [6, 6.07) is 15.8. The van der Waals surface area contributed by atoms with Gasteiger partial charge in [0, 0.05) is 5.56 Å². The second-order valence-corrected chi connectivity index (χ2v) is 8.46. The van der Waals surface area contributed by atoms with E-state index < -0.39 is 5.97 Å². The summed E-state index contributed by atoms with van der Waals surface area (Å²) >= 11 is 0. The van der Waals surface area contributed by atoms with Crippen molar-refractivity contribution in [3.63, 3.8) is 0 Å². The van der Waals surface area contributed by atoms with Crippen LogP contribution in [0.4, 0.5) is 0 Å². The third-order valence-corrected chi connectivity index (χ3v) is 5.01. The molecule has 1 N–H and O–H groups in total. The Morgan fingerprint density at radius 1 is 1.10 bits per heavy atom. The van der Waals surface area contributed by atoms with Crippen LogP contribution in [-0.2, 0) is 4.79 Å². The molecule has 0 saturated heterocycles. The summed E-state index contributed by atoms with van der Waals surface area (Å²) in [5, 5.41) is 9.18. The lowest BCUT2D eigenvalue weighted by molar-refractivity contribution is -0.123. The van der Waals surface area contributed by atoms with Gasteiger partial charge in [-0.2, -0.15) is 0 Å². The van der Waals surface area contributed by atoms with Crippen molar-refractivity contribution in [2.75, 3.05) is 0 Å². The predicted molar refractivity (Wildman–Crippen MR) is 114 cm³/mol. The number of rotatable bonds is 6. The van der Waals surface area contributed by atoms with Gasteiger partial charge in [-0.15, -0.1) is 0 Å². The molecule has 0 fully saturated rings. The standard InChI is InChI=1S/C24H26N2O3/c1-16-25-21(18-8-6-5-7-9-18)22(27)26(16)20(14-15-24(2,3)4)17-10-12-19(13-11-17)23(28)29/h5-13,20H,1,14-15H2,2-4H3,(H,28,29). The molecule has 2 aromatic rings. The quantitative estimate of drug-likeness (QED) is 0.750. The number of carboxylic acid groups (broad SMARTS) is 1. The number of aliphatic imine (C=N–C) groups is 1. The fraction of sp³-hybridized carbons (Fsp3) is 0.292. The first-order valence-electron chi connectivity index (χ1n) is 9.67.